The van der Waals surface area contributed by atoms with Crippen molar-refractivity contribution in [2.45, 2.75) is 12.4 Å². The third-order valence-corrected chi connectivity index (χ3v) is 5.48. The summed E-state index contributed by atoms with van der Waals surface area (Å²) in [6.45, 7) is 0.439. The summed E-state index contributed by atoms with van der Waals surface area (Å²) < 4.78 is 6.96. The van der Waals surface area contributed by atoms with Crippen molar-refractivity contribution in [1.82, 2.24) is 0 Å². The zero-order chi connectivity index (χ0) is 20.5. The van der Waals surface area contributed by atoms with E-state index in [1.807, 2.05) is 60.7 Å². The van der Waals surface area contributed by atoms with Gasteiger partial charge in [-0.2, -0.15) is 5.10 Å². The van der Waals surface area contributed by atoms with Gasteiger partial charge in [-0.25, -0.2) is 0 Å². The van der Waals surface area contributed by atoms with Crippen LogP contribution >= 0.6 is 39.3 Å². The number of nitrogens with zero attached hydrogens (tertiary/aromatic N) is 2. The molecule has 0 aliphatic rings. The number of rotatable bonds is 7. The van der Waals surface area contributed by atoms with Gasteiger partial charge in [0.25, 0.3) is 0 Å². The van der Waals surface area contributed by atoms with E-state index in [0.717, 1.165) is 21.4 Å². The molecule has 0 radical (unpaired) electrons. The van der Waals surface area contributed by atoms with Crippen LogP contribution in [0.15, 0.2) is 87.5 Å². The second-order valence-electron chi connectivity index (χ2n) is 6.05. The van der Waals surface area contributed by atoms with Crippen molar-refractivity contribution < 1.29 is 4.74 Å². The summed E-state index contributed by atoms with van der Waals surface area (Å²) in [6.07, 6.45) is 1.60. The van der Waals surface area contributed by atoms with Crippen molar-refractivity contribution in [2.24, 2.45) is 15.9 Å². The van der Waals surface area contributed by atoms with Crippen LogP contribution in [-0.2, 0) is 12.4 Å². The lowest BCUT2D eigenvalue weighted by Crippen LogP contribution is -2.06. The van der Waals surface area contributed by atoms with Gasteiger partial charge in [-0.1, -0.05) is 81.8 Å². The molecule has 0 fully saturated rings. The first-order valence-electron chi connectivity index (χ1n) is 8.80. The van der Waals surface area contributed by atoms with Crippen LogP contribution in [0.3, 0.4) is 0 Å². The number of hydrogen-bond donors (Lipinski definition) is 1. The molecule has 0 aromatic heterocycles. The zero-order valence-corrected chi connectivity index (χ0v) is 18.6. The number of halogens is 2. The van der Waals surface area contributed by atoms with Crippen LogP contribution in [0.1, 0.15) is 16.7 Å². The largest absolute Gasteiger partial charge is 0.488 e. The number of ether oxygens (including phenoxy) is 1. The van der Waals surface area contributed by atoms with Crippen LogP contribution in [0.25, 0.3) is 0 Å². The van der Waals surface area contributed by atoms with Crippen molar-refractivity contribution in [1.29, 1.82) is 0 Å². The van der Waals surface area contributed by atoms with Crippen LogP contribution in [-0.4, -0.2) is 11.4 Å². The molecule has 3 aromatic rings. The maximum atomic E-state index is 6.12. The molecular formula is C22H19BrClN3OS. The monoisotopic (exact) mass is 487 g/mol. The maximum Gasteiger partial charge on any atom is 0.180 e. The molecule has 0 atom stereocenters. The third-order valence-electron chi connectivity index (χ3n) is 3.86. The molecule has 0 bridgehead atoms. The van der Waals surface area contributed by atoms with E-state index in [2.05, 4.69) is 26.1 Å². The molecule has 0 amide bonds. The fourth-order valence-corrected chi connectivity index (χ4v) is 3.46. The molecule has 0 aliphatic carbocycles. The van der Waals surface area contributed by atoms with Gasteiger partial charge >= 0.3 is 0 Å². The zero-order valence-electron chi connectivity index (χ0n) is 15.5. The highest BCUT2D eigenvalue weighted by Crippen LogP contribution is 2.23. The minimum absolute atomic E-state index is 0.393. The van der Waals surface area contributed by atoms with Crippen molar-refractivity contribution in [3.63, 3.8) is 0 Å². The van der Waals surface area contributed by atoms with E-state index in [9.17, 15) is 0 Å². The Morgan fingerprint density at radius 3 is 2.55 bits per heavy atom. The average Bonchev–Trinajstić information content (AvgIpc) is 2.73. The Hall–Kier alpha value is -2.28. The standard InChI is InChI=1S/C22H19BrClN3OS/c23-19-8-6-16(7-9-19)14-28-21-11-10-20(24)12-18(21)13-26-27-22(25)29-15-17-4-2-1-3-5-17/h1-13H,14-15H2,(H2,25,27). The number of thioether (sulfide) groups is 1. The molecular weight excluding hydrogens is 470 g/mol. The highest BCUT2D eigenvalue weighted by Gasteiger charge is 2.04. The predicted molar refractivity (Wildman–Crippen MR) is 127 cm³/mol. The second kappa shape index (κ2) is 11.0. The number of hydrogen-bond acceptors (Lipinski definition) is 4. The summed E-state index contributed by atoms with van der Waals surface area (Å²) in [6, 6.07) is 23.4. The number of benzene rings is 3. The van der Waals surface area contributed by atoms with Gasteiger partial charge in [0.05, 0.1) is 6.21 Å². The topological polar surface area (TPSA) is 60.0 Å². The summed E-state index contributed by atoms with van der Waals surface area (Å²) in [4.78, 5) is 0. The Morgan fingerprint density at radius 1 is 1.03 bits per heavy atom. The summed E-state index contributed by atoms with van der Waals surface area (Å²) >= 11 is 11.0. The van der Waals surface area contributed by atoms with Crippen LogP contribution in [0, 0.1) is 0 Å². The lowest BCUT2D eigenvalue weighted by molar-refractivity contribution is 0.306. The van der Waals surface area contributed by atoms with Gasteiger partial charge in [-0.3, -0.25) is 0 Å². The Labute approximate surface area is 188 Å². The first-order chi connectivity index (χ1) is 14.1. The Morgan fingerprint density at radius 2 is 1.79 bits per heavy atom. The van der Waals surface area contributed by atoms with Crippen molar-refractivity contribution in [3.05, 3.63) is 99.0 Å². The van der Waals surface area contributed by atoms with Crippen LogP contribution in [0.5, 0.6) is 5.75 Å². The molecule has 0 saturated heterocycles. The Bertz CT molecular complexity index is 995. The maximum absolute atomic E-state index is 6.12. The molecule has 0 unspecified atom stereocenters. The fourth-order valence-electron chi connectivity index (χ4n) is 2.40. The van der Waals surface area contributed by atoms with E-state index in [1.54, 1.807) is 18.3 Å². The van der Waals surface area contributed by atoms with E-state index in [4.69, 9.17) is 22.1 Å². The minimum Gasteiger partial charge on any atom is -0.488 e. The molecule has 3 aromatic carbocycles. The van der Waals surface area contributed by atoms with Gasteiger partial charge in [0.2, 0.25) is 0 Å². The predicted octanol–water partition coefficient (Wildman–Crippen LogP) is 6.26. The van der Waals surface area contributed by atoms with Crippen LogP contribution in [0.2, 0.25) is 5.02 Å². The van der Waals surface area contributed by atoms with Gasteiger partial charge in [0.15, 0.2) is 5.17 Å². The molecule has 7 heteroatoms. The molecule has 29 heavy (non-hydrogen) atoms. The normalized spacial score (nSPS) is 11.7. The highest BCUT2D eigenvalue weighted by atomic mass is 79.9. The first kappa shape index (κ1) is 21.4. The second-order valence-corrected chi connectivity index (χ2v) is 8.40. The molecule has 0 heterocycles. The molecule has 3 rings (SSSR count). The molecule has 4 nitrogen and oxygen atoms in total. The lowest BCUT2D eigenvalue weighted by Gasteiger charge is -2.09. The Kier molecular flexibility index (Phi) is 8.16. The van der Waals surface area contributed by atoms with Crippen molar-refractivity contribution >= 4 is 50.7 Å². The van der Waals surface area contributed by atoms with Crippen molar-refractivity contribution in [2.75, 3.05) is 0 Å². The van der Waals surface area contributed by atoms with Crippen LogP contribution < -0.4 is 10.5 Å². The summed E-state index contributed by atoms with van der Waals surface area (Å²) in [5, 5.41) is 9.14. The highest BCUT2D eigenvalue weighted by molar-refractivity contribution is 9.10. The van der Waals surface area contributed by atoms with Gasteiger partial charge in [-0.15, -0.1) is 5.10 Å². The van der Waals surface area contributed by atoms with E-state index in [-0.39, 0.29) is 0 Å². The first-order valence-corrected chi connectivity index (χ1v) is 11.0. The van der Waals surface area contributed by atoms with Gasteiger partial charge in [0, 0.05) is 20.8 Å². The van der Waals surface area contributed by atoms with Gasteiger partial charge in [-0.05, 0) is 41.5 Å². The number of nitrogens with two attached hydrogens (primary N) is 1. The van der Waals surface area contributed by atoms with Crippen LogP contribution in [0.4, 0.5) is 0 Å². The molecule has 0 aliphatic heterocycles. The Balaban J connectivity index is 1.62. The molecule has 2 N–H and O–H groups in total. The van der Waals surface area contributed by atoms with Gasteiger partial charge in [0.1, 0.15) is 12.4 Å². The van der Waals surface area contributed by atoms with E-state index in [1.165, 1.54) is 17.3 Å². The minimum atomic E-state index is 0.393. The summed E-state index contributed by atoms with van der Waals surface area (Å²) in [5.41, 5.74) is 8.91. The fraction of sp³-hybridized carbons (Fsp3) is 0.0909. The van der Waals surface area contributed by atoms with E-state index in [0.29, 0.717) is 22.5 Å². The molecule has 0 spiro atoms. The van der Waals surface area contributed by atoms with E-state index >= 15 is 0 Å². The SMILES string of the molecule is NC(=NN=Cc1cc(Cl)ccc1OCc1ccc(Br)cc1)SCc1ccccc1. The summed E-state index contributed by atoms with van der Waals surface area (Å²) in [7, 11) is 0. The van der Waals surface area contributed by atoms with Crippen molar-refractivity contribution in [3.8, 4) is 5.75 Å². The quantitative estimate of drug-likeness (QED) is 0.242. The third kappa shape index (κ3) is 7.24. The summed E-state index contributed by atoms with van der Waals surface area (Å²) in [5.74, 6) is 1.41. The number of amidine groups is 1. The van der Waals surface area contributed by atoms with E-state index < -0.39 is 0 Å². The average molecular weight is 489 g/mol. The molecule has 148 valence electrons. The smallest absolute Gasteiger partial charge is 0.180 e. The molecule has 0 saturated carbocycles. The lowest BCUT2D eigenvalue weighted by atomic mass is 10.2. The van der Waals surface area contributed by atoms with Gasteiger partial charge < -0.3 is 10.5 Å².